The van der Waals surface area contributed by atoms with Crippen LogP contribution in [0.15, 0.2) is 0 Å². The molecule has 0 aliphatic heterocycles. The number of aliphatic carboxylic acids is 2. The van der Waals surface area contributed by atoms with Crippen LogP contribution in [0.3, 0.4) is 0 Å². The molecule has 0 fully saturated rings. The Hall–Kier alpha value is -2.81. The van der Waals surface area contributed by atoms with E-state index in [4.69, 9.17) is 24.4 Å². The number of ether oxygens (including phenoxy) is 3. The summed E-state index contributed by atoms with van der Waals surface area (Å²) >= 11 is 0. The van der Waals surface area contributed by atoms with Gasteiger partial charge in [0, 0.05) is 32.4 Å². The summed E-state index contributed by atoms with van der Waals surface area (Å²) in [4.78, 5) is 57.9. The standard InChI is InChI=1S/C33H61N3O11/c37-21-24-45-22-20-35-31(40)27-47-26-25-46-23-19-34-29(38)18-17-28(33(43)44)36-30(39)15-13-11-9-7-5-3-1-2-4-6-8-10-12-14-16-32(41)42/h28,37H,1-27H2,(H,34,38)(H,35,40)(H,36,39)(H,41,42)(H,43,44)/t28-/m0/s1. The lowest BCUT2D eigenvalue weighted by Crippen LogP contribution is -2.41. The Bertz CT molecular complexity index is 830. The van der Waals surface area contributed by atoms with Gasteiger partial charge in [0.05, 0.1) is 39.6 Å². The molecule has 0 aliphatic rings. The highest BCUT2D eigenvalue weighted by atomic mass is 16.5. The molecule has 274 valence electrons. The van der Waals surface area contributed by atoms with Crippen molar-refractivity contribution in [3.05, 3.63) is 0 Å². The maximum absolute atomic E-state index is 12.2. The summed E-state index contributed by atoms with van der Waals surface area (Å²) in [5.74, 6) is -2.83. The molecule has 0 saturated heterocycles. The zero-order valence-electron chi connectivity index (χ0n) is 28.3. The van der Waals surface area contributed by atoms with Crippen LogP contribution in [-0.4, -0.2) is 110 Å². The first-order valence-electron chi connectivity index (χ1n) is 17.4. The Balaban J connectivity index is 3.67. The van der Waals surface area contributed by atoms with Crippen LogP contribution >= 0.6 is 0 Å². The second kappa shape index (κ2) is 33.1. The van der Waals surface area contributed by atoms with Crippen LogP contribution < -0.4 is 16.0 Å². The van der Waals surface area contributed by atoms with E-state index in [-0.39, 0.29) is 89.6 Å². The van der Waals surface area contributed by atoms with E-state index >= 15 is 0 Å². The van der Waals surface area contributed by atoms with Crippen LogP contribution in [0.4, 0.5) is 0 Å². The second-order valence-electron chi connectivity index (χ2n) is 11.5. The van der Waals surface area contributed by atoms with Gasteiger partial charge in [-0.1, -0.05) is 77.0 Å². The van der Waals surface area contributed by atoms with E-state index in [2.05, 4.69) is 16.0 Å². The fourth-order valence-corrected chi connectivity index (χ4v) is 4.70. The molecule has 0 spiro atoms. The van der Waals surface area contributed by atoms with Crippen molar-refractivity contribution in [2.24, 2.45) is 0 Å². The molecule has 0 heterocycles. The SMILES string of the molecule is O=C(O)CCCCCCCCCCCCCCCCC(=O)N[C@@H](CCC(=O)NCCOCCOCC(=O)NCCOCCO)C(=O)O. The van der Waals surface area contributed by atoms with Crippen molar-refractivity contribution in [1.82, 2.24) is 16.0 Å². The predicted molar refractivity (Wildman–Crippen MR) is 176 cm³/mol. The molecule has 1 atom stereocenters. The van der Waals surface area contributed by atoms with E-state index < -0.39 is 18.0 Å². The number of aliphatic hydroxyl groups is 1. The monoisotopic (exact) mass is 675 g/mol. The molecule has 0 rings (SSSR count). The molecule has 47 heavy (non-hydrogen) atoms. The lowest BCUT2D eigenvalue weighted by atomic mass is 10.0. The van der Waals surface area contributed by atoms with Gasteiger partial charge in [0.1, 0.15) is 12.6 Å². The third-order valence-electron chi connectivity index (χ3n) is 7.32. The Labute approximate surface area is 280 Å². The summed E-state index contributed by atoms with van der Waals surface area (Å²) in [5.41, 5.74) is 0. The average Bonchev–Trinajstić information content (AvgIpc) is 3.03. The summed E-state index contributed by atoms with van der Waals surface area (Å²) in [7, 11) is 0. The number of amides is 3. The fourth-order valence-electron chi connectivity index (χ4n) is 4.70. The van der Waals surface area contributed by atoms with Crippen molar-refractivity contribution in [3.8, 4) is 0 Å². The van der Waals surface area contributed by atoms with E-state index in [1.54, 1.807) is 0 Å². The number of hydrogen-bond acceptors (Lipinski definition) is 9. The topological polar surface area (TPSA) is 210 Å². The van der Waals surface area contributed by atoms with Crippen LogP contribution in [0, 0.1) is 0 Å². The summed E-state index contributed by atoms with van der Waals surface area (Å²) in [5, 5.41) is 34.4. The van der Waals surface area contributed by atoms with Crippen molar-refractivity contribution in [1.29, 1.82) is 0 Å². The molecule has 14 nitrogen and oxygen atoms in total. The summed E-state index contributed by atoms with van der Waals surface area (Å²) in [6.45, 7) is 1.55. The Kier molecular flexibility index (Phi) is 31.1. The van der Waals surface area contributed by atoms with Gasteiger partial charge in [0.15, 0.2) is 0 Å². The Morgan fingerprint density at radius 1 is 0.511 bits per heavy atom. The number of carboxylic acids is 2. The zero-order chi connectivity index (χ0) is 34.8. The normalized spacial score (nSPS) is 11.6. The average molecular weight is 676 g/mol. The third kappa shape index (κ3) is 32.9. The number of rotatable bonds is 35. The van der Waals surface area contributed by atoms with Gasteiger partial charge in [-0.15, -0.1) is 0 Å². The molecule has 0 radical (unpaired) electrons. The summed E-state index contributed by atoms with van der Waals surface area (Å²) in [6, 6.07) is -1.12. The van der Waals surface area contributed by atoms with E-state index in [0.29, 0.717) is 19.6 Å². The van der Waals surface area contributed by atoms with E-state index in [9.17, 15) is 29.1 Å². The van der Waals surface area contributed by atoms with Crippen LogP contribution in [-0.2, 0) is 38.2 Å². The van der Waals surface area contributed by atoms with Crippen molar-refractivity contribution >= 4 is 29.7 Å². The van der Waals surface area contributed by atoms with Crippen LogP contribution in [0.1, 0.15) is 116 Å². The van der Waals surface area contributed by atoms with Crippen molar-refractivity contribution in [3.63, 3.8) is 0 Å². The molecule has 0 aliphatic carbocycles. The zero-order valence-corrected chi connectivity index (χ0v) is 28.3. The summed E-state index contributed by atoms with van der Waals surface area (Å²) < 4.78 is 15.6. The first-order valence-corrected chi connectivity index (χ1v) is 17.4. The van der Waals surface area contributed by atoms with Gasteiger partial charge < -0.3 is 45.5 Å². The largest absolute Gasteiger partial charge is 0.481 e. The summed E-state index contributed by atoms with van der Waals surface area (Å²) in [6.07, 6.45) is 15.7. The predicted octanol–water partition coefficient (Wildman–Crippen LogP) is 2.94. The minimum absolute atomic E-state index is 0.00990. The number of hydrogen-bond donors (Lipinski definition) is 6. The van der Waals surface area contributed by atoms with Crippen LogP contribution in [0.25, 0.3) is 0 Å². The molecule has 0 saturated carbocycles. The first-order chi connectivity index (χ1) is 22.8. The van der Waals surface area contributed by atoms with E-state index in [1.165, 1.54) is 44.9 Å². The number of nitrogens with one attached hydrogen (secondary N) is 3. The van der Waals surface area contributed by atoms with Gasteiger partial charge in [0.25, 0.3) is 0 Å². The molecule has 0 bridgehead atoms. The Morgan fingerprint density at radius 2 is 0.979 bits per heavy atom. The van der Waals surface area contributed by atoms with E-state index in [0.717, 1.165) is 38.5 Å². The fraction of sp³-hybridized carbons (Fsp3) is 0.848. The minimum atomic E-state index is -1.17. The van der Waals surface area contributed by atoms with Crippen LogP contribution in [0.5, 0.6) is 0 Å². The van der Waals surface area contributed by atoms with Gasteiger partial charge in [0.2, 0.25) is 17.7 Å². The van der Waals surface area contributed by atoms with Crippen molar-refractivity contribution in [2.45, 2.75) is 122 Å². The number of carboxylic acid groups (broad SMARTS) is 2. The third-order valence-corrected chi connectivity index (χ3v) is 7.32. The number of aliphatic hydroxyl groups excluding tert-OH is 1. The van der Waals surface area contributed by atoms with Gasteiger partial charge in [-0.05, 0) is 19.3 Å². The molecular weight excluding hydrogens is 614 g/mol. The molecule has 6 N–H and O–H groups in total. The van der Waals surface area contributed by atoms with Crippen molar-refractivity contribution in [2.75, 3.05) is 59.3 Å². The van der Waals surface area contributed by atoms with Gasteiger partial charge >= 0.3 is 11.9 Å². The molecule has 0 aromatic rings. The first kappa shape index (κ1) is 44.2. The molecule has 0 aromatic carbocycles. The van der Waals surface area contributed by atoms with E-state index in [1.807, 2.05) is 0 Å². The number of unbranched alkanes of at least 4 members (excludes halogenated alkanes) is 13. The highest BCUT2D eigenvalue weighted by Gasteiger charge is 2.20. The van der Waals surface area contributed by atoms with Crippen molar-refractivity contribution < 1.29 is 53.5 Å². The maximum atomic E-state index is 12.2. The molecule has 0 aromatic heterocycles. The highest BCUT2D eigenvalue weighted by Crippen LogP contribution is 2.14. The molecular formula is C33H61N3O11. The van der Waals surface area contributed by atoms with Gasteiger partial charge in [-0.2, -0.15) is 0 Å². The molecule has 0 unspecified atom stereocenters. The quantitative estimate of drug-likeness (QED) is 0.0538. The number of carbonyl (C=O) groups is 5. The Morgan fingerprint density at radius 3 is 1.49 bits per heavy atom. The number of carbonyl (C=O) groups excluding carboxylic acids is 3. The smallest absolute Gasteiger partial charge is 0.326 e. The van der Waals surface area contributed by atoms with Gasteiger partial charge in [-0.3, -0.25) is 19.2 Å². The van der Waals surface area contributed by atoms with Crippen LogP contribution in [0.2, 0.25) is 0 Å². The molecule has 3 amide bonds. The molecule has 14 heteroatoms. The second-order valence-corrected chi connectivity index (χ2v) is 11.5. The maximum Gasteiger partial charge on any atom is 0.326 e. The van der Waals surface area contributed by atoms with Gasteiger partial charge in [-0.25, -0.2) is 4.79 Å². The minimum Gasteiger partial charge on any atom is -0.481 e. The lowest BCUT2D eigenvalue weighted by molar-refractivity contribution is -0.142. The highest BCUT2D eigenvalue weighted by molar-refractivity contribution is 5.84. The lowest BCUT2D eigenvalue weighted by Gasteiger charge is -2.14.